The summed E-state index contributed by atoms with van der Waals surface area (Å²) in [6.45, 7) is 1.89. The first-order valence-electron chi connectivity index (χ1n) is 10.4. The molecule has 3 aromatic rings. The third-order valence-electron chi connectivity index (χ3n) is 4.71. The molecule has 2 N–H and O–H groups in total. The molecule has 0 aromatic heterocycles. The zero-order chi connectivity index (χ0) is 26.3. The summed E-state index contributed by atoms with van der Waals surface area (Å²) in [7, 11) is 1.37. The van der Waals surface area contributed by atoms with E-state index in [1.807, 2.05) is 12.3 Å². The maximum absolute atomic E-state index is 12.8. The van der Waals surface area contributed by atoms with Crippen LogP contribution in [0.1, 0.15) is 27.0 Å². The molecule has 0 saturated carbocycles. The van der Waals surface area contributed by atoms with Gasteiger partial charge in [-0.05, 0) is 61.0 Å². The Balaban J connectivity index is 1.60. The summed E-state index contributed by atoms with van der Waals surface area (Å²) in [4.78, 5) is 36.2. The van der Waals surface area contributed by atoms with Crippen LogP contribution in [-0.4, -0.2) is 31.1 Å². The fraction of sp³-hybridized carbons (Fsp3) is 0.120. The number of carbonyl (C=O) groups is 3. The quantitative estimate of drug-likeness (QED) is 0.173. The van der Waals surface area contributed by atoms with E-state index in [4.69, 9.17) is 9.47 Å². The number of benzene rings is 3. The highest BCUT2D eigenvalue weighted by Gasteiger charge is 2.30. The normalized spacial score (nSPS) is 11.1. The number of alkyl halides is 3. The van der Waals surface area contributed by atoms with Crippen LogP contribution in [0.15, 0.2) is 71.8 Å². The van der Waals surface area contributed by atoms with Gasteiger partial charge in [0.1, 0.15) is 0 Å². The number of hydrogen-bond acceptors (Lipinski definition) is 6. The predicted octanol–water partition coefficient (Wildman–Crippen LogP) is 4.33. The topological polar surface area (TPSA) is 106 Å². The van der Waals surface area contributed by atoms with E-state index in [0.717, 1.165) is 17.7 Å². The number of halogens is 3. The van der Waals surface area contributed by atoms with E-state index in [9.17, 15) is 27.6 Å². The molecule has 0 aliphatic rings. The summed E-state index contributed by atoms with van der Waals surface area (Å²) in [5, 5.41) is 5.72. The van der Waals surface area contributed by atoms with E-state index in [1.54, 1.807) is 24.3 Å². The number of methoxy groups -OCH3 is 1. The Bertz CT molecular complexity index is 1310. The Morgan fingerprint density at radius 1 is 0.917 bits per heavy atom. The van der Waals surface area contributed by atoms with Crippen molar-refractivity contribution in [1.82, 2.24) is 5.43 Å². The van der Waals surface area contributed by atoms with E-state index in [1.165, 1.54) is 37.6 Å². The van der Waals surface area contributed by atoms with Crippen molar-refractivity contribution < 1.29 is 37.0 Å². The number of ether oxygens (including phenoxy) is 2. The first-order chi connectivity index (χ1) is 17.1. The van der Waals surface area contributed by atoms with Crippen LogP contribution in [0.5, 0.6) is 11.5 Å². The third kappa shape index (κ3) is 6.92. The fourth-order valence-corrected chi connectivity index (χ4v) is 2.87. The SMILES string of the molecule is COc1cc(C=NNC(=O)C(=O)Nc2cccc(C(F)(F)F)c2)ccc1OC(=O)c1ccc(C)cc1. The van der Waals surface area contributed by atoms with Gasteiger partial charge >= 0.3 is 24.0 Å². The summed E-state index contributed by atoms with van der Waals surface area (Å²) in [6.07, 6.45) is -3.40. The molecule has 0 radical (unpaired) electrons. The molecule has 0 atom stereocenters. The largest absolute Gasteiger partial charge is 0.493 e. The number of nitrogens with one attached hydrogen (secondary N) is 2. The fourth-order valence-electron chi connectivity index (χ4n) is 2.87. The molecule has 0 unspecified atom stereocenters. The summed E-state index contributed by atoms with van der Waals surface area (Å²) in [6, 6.07) is 15.2. The van der Waals surface area contributed by atoms with E-state index in [-0.39, 0.29) is 17.2 Å². The lowest BCUT2D eigenvalue weighted by Crippen LogP contribution is -2.32. The molecule has 3 rings (SSSR count). The molecular formula is C25H20F3N3O5. The lowest BCUT2D eigenvalue weighted by atomic mass is 10.1. The minimum Gasteiger partial charge on any atom is -0.493 e. The maximum Gasteiger partial charge on any atom is 0.416 e. The lowest BCUT2D eigenvalue weighted by molar-refractivity contribution is -0.137. The van der Waals surface area contributed by atoms with Crippen molar-refractivity contribution in [2.45, 2.75) is 13.1 Å². The van der Waals surface area contributed by atoms with Gasteiger partial charge in [-0.3, -0.25) is 9.59 Å². The number of carbonyl (C=O) groups excluding carboxylic acids is 3. The van der Waals surface area contributed by atoms with Gasteiger partial charge in [-0.1, -0.05) is 23.8 Å². The molecule has 0 saturated heterocycles. The van der Waals surface area contributed by atoms with Gasteiger partial charge < -0.3 is 14.8 Å². The lowest BCUT2D eigenvalue weighted by Gasteiger charge is -2.10. The highest BCUT2D eigenvalue weighted by Crippen LogP contribution is 2.31. The predicted molar refractivity (Wildman–Crippen MR) is 125 cm³/mol. The van der Waals surface area contributed by atoms with Gasteiger partial charge in [-0.2, -0.15) is 18.3 Å². The highest BCUT2D eigenvalue weighted by molar-refractivity contribution is 6.39. The van der Waals surface area contributed by atoms with Gasteiger partial charge in [0.05, 0.1) is 24.5 Å². The minimum absolute atomic E-state index is 0.157. The second-order valence-corrected chi connectivity index (χ2v) is 7.40. The molecule has 11 heteroatoms. The van der Waals surface area contributed by atoms with Gasteiger partial charge in [-0.25, -0.2) is 10.2 Å². The molecule has 0 heterocycles. The molecule has 0 aliphatic carbocycles. The van der Waals surface area contributed by atoms with Gasteiger partial charge in [0.2, 0.25) is 0 Å². The molecule has 0 bridgehead atoms. The number of hydrazone groups is 1. The smallest absolute Gasteiger partial charge is 0.416 e. The van der Waals surface area contributed by atoms with Gasteiger partial charge in [0.15, 0.2) is 11.5 Å². The van der Waals surface area contributed by atoms with Crippen LogP contribution in [0.3, 0.4) is 0 Å². The van der Waals surface area contributed by atoms with Crippen molar-refractivity contribution in [3.8, 4) is 11.5 Å². The summed E-state index contributed by atoms with van der Waals surface area (Å²) in [5.41, 5.74) is 2.59. The Morgan fingerprint density at radius 2 is 1.64 bits per heavy atom. The van der Waals surface area contributed by atoms with Crippen LogP contribution < -0.4 is 20.2 Å². The van der Waals surface area contributed by atoms with Crippen molar-refractivity contribution in [3.63, 3.8) is 0 Å². The van der Waals surface area contributed by atoms with Gasteiger partial charge in [-0.15, -0.1) is 0 Å². The molecule has 36 heavy (non-hydrogen) atoms. The van der Waals surface area contributed by atoms with E-state index in [2.05, 4.69) is 10.4 Å². The molecule has 186 valence electrons. The Hall–Kier alpha value is -4.67. The number of anilines is 1. The number of hydrogen-bond donors (Lipinski definition) is 2. The van der Waals surface area contributed by atoms with Crippen LogP contribution in [0, 0.1) is 6.92 Å². The standard InChI is InChI=1S/C25H20F3N3O5/c1-15-6-9-17(10-7-15)24(34)36-20-11-8-16(12-21(20)35-2)14-29-31-23(33)22(32)30-19-5-3-4-18(13-19)25(26,27)28/h3-14H,1-2H3,(H,30,32)(H,31,33). The van der Waals surface area contributed by atoms with Gasteiger partial charge in [0, 0.05) is 5.69 Å². The summed E-state index contributed by atoms with van der Waals surface area (Å²) < 4.78 is 49.0. The van der Waals surface area contributed by atoms with Crippen molar-refractivity contribution in [2.75, 3.05) is 12.4 Å². The average Bonchev–Trinajstić information content (AvgIpc) is 2.84. The maximum atomic E-state index is 12.8. The molecule has 0 aliphatic heterocycles. The summed E-state index contributed by atoms with van der Waals surface area (Å²) >= 11 is 0. The number of amides is 2. The number of rotatable bonds is 6. The molecule has 2 amide bonds. The number of nitrogens with zero attached hydrogens (tertiary/aromatic N) is 1. The molecular weight excluding hydrogens is 479 g/mol. The van der Waals surface area contributed by atoms with Crippen molar-refractivity contribution in [1.29, 1.82) is 0 Å². The van der Waals surface area contributed by atoms with E-state index >= 15 is 0 Å². The Labute approximate surface area is 203 Å². The van der Waals surface area contributed by atoms with Crippen LogP contribution in [0.2, 0.25) is 0 Å². The second-order valence-electron chi connectivity index (χ2n) is 7.40. The van der Waals surface area contributed by atoms with E-state index in [0.29, 0.717) is 17.2 Å². The Kier molecular flexibility index (Phi) is 8.05. The van der Waals surface area contributed by atoms with Crippen molar-refractivity contribution >= 4 is 29.7 Å². The monoisotopic (exact) mass is 499 g/mol. The molecule has 0 spiro atoms. The summed E-state index contributed by atoms with van der Waals surface area (Å²) in [5.74, 6) is -2.60. The highest BCUT2D eigenvalue weighted by atomic mass is 19.4. The van der Waals surface area contributed by atoms with Crippen molar-refractivity contribution in [3.05, 3.63) is 89.0 Å². The zero-order valence-corrected chi connectivity index (χ0v) is 19.1. The van der Waals surface area contributed by atoms with Crippen molar-refractivity contribution in [2.24, 2.45) is 5.10 Å². The average molecular weight is 499 g/mol. The third-order valence-corrected chi connectivity index (χ3v) is 4.71. The van der Waals surface area contributed by atoms with Gasteiger partial charge in [0.25, 0.3) is 0 Å². The molecule has 8 nitrogen and oxygen atoms in total. The van der Waals surface area contributed by atoms with E-state index < -0.39 is 29.5 Å². The first-order valence-corrected chi connectivity index (χ1v) is 10.4. The minimum atomic E-state index is -4.59. The zero-order valence-electron chi connectivity index (χ0n) is 19.1. The molecule has 3 aromatic carbocycles. The van der Waals surface area contributed by atoms with Crippen LogP contribution >= 0.6 is 0 Å². The van der Waals surface area contributed by atoms with Crippen LogP contribution in [-0.2, 0) is 15.8 Å². The van der Waals surface area contributed by atoms with Crippen LogP contribution in [0.25, 0.3) is 0 Å². The second kappa shape index (κ2) is 11.2. The molecule has 0 fully saturated rings. The first kappa shape index (κ1) is 25.9. The number of esters is 1. The van der Waals surface area contributed by atoms with Crippen LogP contribution in [0.4, 0.5) is 18.9 Å². The number of aryl methyl sites for hydroxylation is 1. The Morgan fingerprint density at radius 3 is 2.31 bits per heavy atom.